The van der Waals surface area contributed by atoms with Crippen LogP contribution < -0.4 is 5.32 Å². The lowest BCUT2D eigenvalue weighted by Gasteiger charge is -2.26. The number of nitriles is 2. The van der Waals surface area contributed by atoms with Crippen LogP contribution in [0.15, 0.2) is 58.4 Å². The van der Waals surface area contributed by atoms with Gasteiger partial charge in [0.25, 0.3) is 0 Å². The van der Waals surface area contributed by atoms with E-state index < -0.39 is 0 Å². The monoisotopic (exact) mass is 275 g/mol. The van der Waals surface area contributed by atoms with Crippen molar-refractivity contribution in [1.29, 1.82) is 10.5 Å². The van der Waals surface area contributed by atoms with Crippen molar-refractivity contribution in [3.63, 3.8) is 0 Å². The molecule has 1 N–H and O–H groups in total. The van der Waals surface area contributed by atoms with Gasteiger partial charge in [-0.2, -0.15) is 10.5 Å². The number of nitrogens with one attached hydrogen (secondary N) is 1. The Morgan fingerprint density at radius 2 is 1.57 bits per heavy atom. The van der Waals surface area contributed by atoms with Gasteiger partial charge in [-0.3, -0.25) is 0 Å². The zero-order valence-electron chi connectivity index (χ0n) is 12.4. The topological polar surface area (TPSA) is 59.6 Å². The van der Waals surface area contributed by atoms with Gasteiger partial charge in [-0.25, -0.2) is 0 Å². The molecule has 1 aliphatic heterocycles. The number of allylic oxidation sites excluding steroid dienone is 5. The molecule has 0 spiro atoms. The minimum Gasteiger partial charge on any atom is -0.361 e. The molecule has 3 nitrogen and oxygen atoms in total. The highest BCUT2D eigenvalue weighted by Gasteiger charge is 2.28. The summed E-state index contributed by atoms with van der Waals surface area (Å²) in [5, 5.41) is 22.0. The summed E-state index contributed by atoms with van der Waals surface area (Å²) >= 11 is 0. The Morgan fingerprint density at radius 3 is 2.05 bits per heavy atom. The molecule has 1 aliphatic rings. The lowest BCUT2D eigenvalue weighted by atomic mass is 9.81. The molecular weight excluding hydrogens is 258 g/mol. The van der Waals surface area contributed by atoms with E-state index in [1.54, 1.807) is 0 Å². The van der Waals surface area contributed by atoms with E-state index in [4.69, 9.17) is 0 Å². The second-order valence-corrected chi connectivity index (χ2v) is 5.16. The normalized spacial score (nSPS) is 16.3. The maximum atomic E-state index is 9.44. The van der Waals surface area contributed by atoms with Gasteiger partial charge in [-0.05, 0) is 26.3 Å². The first-order valence-corrected chi connectivity index (χ1v) is 6.80. The molecule has 0 radical (unpaired) electrons. The number of rotatable bonds is 2. The van der Waals surface area contributed by atoms with Crippen LogP contribution in [-0.4, -0.2) is 0 Å². The van der Waals surface area contributed by atoms with Crippen molar-refractivity contribution >= 4 is 6.08 Å². The van der Waals surface area contributed by atoms with Gasteiger partial charge < -0.3 is 5.32 Å². The zero-order valence-corrected chi connectivity index (χ0v) is 12.4. The van der Waals surface area contributed by atoms with Gasteiger partial charge in [0, 0.05) is 11.4 Å². The smallest absolute Gasteiger partial charge is 0.0975 e. The van der Waals surface area contributed by atoms with Crippen molar-refractivity contribution < 1.29 is 0 Å². The van der Waals surface area contributed by atoms with Crippen molar-refractivity contribution in [2.24, 2.45) is 5.92 Å². The molecule has 3 heteroatoms. The lowest BCUT2D eigenvalue weighted by Crippen LogP contribution is -2.25. The summed E-state index contributed by atoms with van der Waals surface area (Å²) in [6.07, 6.45) is 2.03. The predicted molar refractivity (Wildman–Crippen MR) is 83.3 cm³/mol. The SMILES string of the molecule is CC(=Cc1ccccc1)C1C(C#N)=C(C)NC(C)=C1C#N. The average molecular weight is 275 g/mol. The molecule has 0 saturated heterocycles. The van der Waals surface area contributed by atoms with Gasteiger partial charge >= 0.3 is 0 Å². The number of hydrogen-bond donors (Lipinski definition) is 1. The Hall–Kier alpha value is -2.78. The van der Waals surface area contributed by atoms with Crippen LogP contribution in [0.4, 0.5) is 0 Å². The fraction of sp³-hybridized carbons (Fsp3) is 0.222. The van der Waals surface area contributed by atoms with E-state index in [0.717, 1.165) is 22.5 Å². The van der Waals surface area contributed by atoms with Crippen molar-refractivity contribution in [3.05, 3.63) is 64.0 Å². The van der Waals surface area contributed by atoms with E-state index in [2.05, 4.69) is 17.5 Å². The van der Waals surface area contributed by atoms with Crippen LogP contribution in [0.25, 0.3) is 6.08 Å². The van der Waals surface area contributed by atoms with Gasteiger partial charge in [0.1, 0.15) is 0 Å². The molecule has 0 amide bonds. The van der Waals surface area contributed by atoms with Crippen molar-refractivity contribution in [2.75, 3.05) is 0 Å². The summed E-state index contributed by atoms with van der Waals surface area (Å²) in [6.45, 7) is 5.72. The Labute approximate surface area is 125 Å². The van der Waals surface area contributed by atoms with E-state index in [9.17, 15) is 10.5 Å². The van der Waals surface area contributed by atoms with Crippen molar-refractivity contribution in [2.45, 2.75) is 20.8 Å². The van der Waals surface area contributed by atoms with Crippen LogP contribution in [0, 0.1) is 28.6 Å². The third-order valence-corrected chi connectivity index (χ3v) is 3.65. The molecule has 0 saturated carbocycles. The summed E-state index contributed by atoms with van der Waals surface area (Å²) in [4.78, 5) is 0. The lowest BCUT2D eigenvalue weighted by molar-refractivity contribution is 0.769. The fourth-order valence-corrected chi connectivity index (χ4v) is 2.64. The molecule has 0 fully saturated rings. The maximum Gasteiger partial charge on any atom is 0.0975 e. The number of hydrogen-bond acceptors (Lipinski definition) is 3. The summed E-state index contributed by atoms with van der Waals surface area (Å²) in [6, 6.07) is 14.4. The minimum absolute atomic E-state index is 0.263. The largest absolute Gasteiger partial charge is 0.361 e. The van der Waals surface area contributed by atoms with E-state index in [-0.39, 0.29) is 5.92 Å². The molecule has 1 heterocycles. The maximum absolute atomic E-state index is 9.44. The average Bonchev–Trinajstić information content (AvgIpc) is 2.47. The molecule has 0 bridgehead atoms. The van der Waals surface area contributed by atoms with Crippen LogP contribution in [0.5, 0.6) is 0 Å². The summed E-state index contributed by atoms with van der Waals surface area (Å²) in [5.41, 5.74) is 4.93. The summed E-state index contributed by atoms with van der Waals surface area (Å²) < 4.78 is 0. The summed E-state index contributed by atoms with van der Waals surface area (Å²) in [7, 11) is 0. The third-order valence-electron chi connectivity index (χ3n) is 3.65. The molecule has 2 rings (SSSR count). The first-order valence-electron chi connectivity index (χ1n) is 6.80. The van der Waals surface area contributed by atoms with Gasteiger partial charge in [0.05, 0.1) is 29.2 Å². The highest BCUT2D eigenvalue weighted by molar-refractivity contribution is 5.60. The van der Waals surface area contributed by atoms with Crippen LogP contribution in [-0.2, 0) is 0 Å². The van der Waals surface area contributed by atoms with E-state index >= 15 is 0 Å². The number of nitrogens with zero attached hydrogens (tertiary/aromatic N) is 2. The quantitative estimate of drug-likeness (QED) is 0.890. The van der Waals surface area contributed by atoms with Crippen LogP contribution in [0.3, 0.4) is 0 Å². The molecule has 1 aromatic rings. The van der Waals surface area contributed by atoms with Crippen LogP contribution >= 0.6 is 0 Å². The van der Waals surface area contributed by atoms with E-state index in [1.807, 2.05) is 57.2 Å². The second-order valence-electron chi connectivity index (χ2n) is 5.16. The zero-order chi connectivity index (χ0) is 15.4. The van der Waals surface area contributed by atoms with E-state index in [1.165, 1.54) is 0 Å². The molecule has 21 heavy (non-hydrogen) atoms. The Balaban J connectivity index is 2.52. The van der Waals surface area contributed by atoms with E-state index in [0.29, 0.717) is 11.1 Å². The Kier molecular flexibility index (Phi) is 4.26. The predicted octanol–water partition coefficient (Wildman–Crippen LogP) is 3.90. The van der Waals surface area contributed by atoms with Crippen molar-refractivity contribution in [3.8, 4) is 12.1 Å². The Morgan fingerprint density at radius 1 is 1.05 bits per heavy atom. The third kappa shape index (κ3) is 2.88. The highest BCUT2D eigenvalue weighted by Crippen LogP contribution is 2.34. The van der Waals surface area contributed by atoms with Crippen LogP contribution in [0.2, 0.25) is 0 Å². The molecule has 0 atom stereocenters. The second kappa shape index (κ2) is 6.11. The molecular formula is C18H17N3. The number of dihydropyridines is 1. The minimum atomic E-state index is -0.263. The fourth-order valence-electron chi connectivity index (χ4n) is 2.64. The van der Waals surface area contributed by atoms with Crippen LogP contribution in [0.1, 0.15) is 26.3 Å². The number of benzene rings is 1. The standard InChI is InChI=1S/C18H17N3/c1-12(9-15-7-5-4-6-8-15)18-16(10-19)13(2)21-14(3)17(18)11-20/h4-9,18,21H,1-3H3. The Bertz CT molecular complexity index is 686. The highest BCUT2D eigenvalue weighted by atomic mass is 14.9. The molecule has 1 aromatic carbocycles. The molecule has 0 aliphatic carbocycles. The molecule has 104 valence electrons. The van der Waals surface area contributed by atoms with Gasteiger partial charge in [0.2, 0.25) is 0 Å². The molecule has 0 aromatic heterocycles. The van der Waals surface area contributed by atoms with Gasteiger partial charge in [0.15, 0.2) is 0 Å². The van der Waals surface area contributed by atoms with Gasteiger partial charge in [-0.1, -0.05) is 42.0 Å². The summed E-state index contributed by atoms with van der Waals surface area (Å²) in [5.74, 6) is -0.263. The van der Waals surface area contributed by atoms with Gasteiger partial charge in [-0.15, -0.1) is 0 Å². The first kappa shape index (κ1) is 14.6. The van der Waals surface area contributed by atoms with Crippen molar-refractivity contribution in [1.82, 2.24) is 5.32 Å². The molecule has 0 unspecified atom stereocenters. The first-order chi connectivity index (χ1) is 10.1.